The first kappa shape index (κ1) is 14.0. The Kier molecular flexibility index (Phi) is 5.42. The maximum atomic E-state index is 12.8. The Balaban J connectivity index is 2.71. The number of nitrogens with zero attached hydrogens (tertiary/aromatic N) is 1. The van der Waals surface area contributed by atoms with Crippen LogP contribution >= 0.6 is 11.6 Å². The van der Waals surface area contributed by atoms with Gasteiger partial charge in [-0.1, -0.05) is 26.0 Å². The van der Waals surface area contributed by atoms with Crippen LogP contribution in [0, 0.1) is 11.7 Å². The van der Waals surface area contributed by atoms with E-state index in [2.05, 4.69) is 0 Å². The highest BCUT2D eigenvalue weighted by molar-refractivity contribution is 6.27. The van der Waals surface area contributed by atoms with Crippen molar-refractivity contribution in [2.75, 3.05) is 12.4 Å². The van der Waals surface area contributed by atoms with Crippen LogP contribution in [0.25, 0.3) is 0 Å². The van der Waals surface area contributed by atoms with Crippen molar-refractivity contribution in [3.63, 3.8) is 0 Å². The van der Waals surface area contributed by atoms with Crippen molar-refractivity contribution in [3.8, 4) is 0 Å². The number of alkyl halides is 1. The Hall–Kier alpha value is -1.09. The van der Waals surface area contributed by atoms with Gasteiger partial charge < -0.3 is 4.90 Å². The van der Waals surface area contributed by atoms with Crippen molar-refractivity contribution in [1.29, 1.82) is 0 Å². The van der Waals surface area contributed by atoms with Gasteiger partial charge in [0.15, 0.2) is 0 Å². The zero-order valence-corrected chi connectivity index (χ0v) is 10.9. The Bertz CT molecular complexity index is 364. The summed E-state index contributed by atoms with van der Waals surface area (Å²) in [6.45, 7) is 5.21. The number of carbonyl (C=O) groups excluding carboxylic acids is 1. The first-order valence-corrected chi connectivity index (χ1v) is 6.14. The lowest BCUT2D eigenvalue weighted by Gasteiger charge is -2.23. The first-order valence-electron chi connectivity index (χ1n) is 5.61. The summed E-state index contributed by atoms with van der Waals surface area (Å²) in [4.78, 5) is 13.3. The summed E-state index contributed by atoms with van der Waals surface area (Å²) >= 11 is 5.57. The van der Waals surface area contributed by atoms with Crippen LogP contribution in [0.2, 0.25) is 0 Å². The number of hydrogen-bond acceptors (Lipinski definition) is 1. The normalized spacial score (nSPS) is 10.6. The number of rotatable bonds is 5. The van der Waals surface area contributed by atoms with Crippen molar-refractivity contribution < 1.29 is 9.18 Å². The maximum absolute atomic E-state index is 12.8. The molecule has 0 atom stereocenters. The number of amides is 1. The average Bonchev–Trinajstić information content (AvgIpc) is 2.29. The van der Waals surface area contributed by atoms with Gasteiger partial charge in [0.05, 0.1) is 0 Å². The van der Waals surface area contributed by atoms with Gasteiger partial charge >= 0.3 is 0 Å². The standard InChI is InChI=1S/C13H17ClFNO/c1-10(2)8-16(13(17)7-14)9-11-3-5-12(15)6-4-11/h3-6,10H,7-9H2,1-2H3. The Morgan fingerprint density at radius 1 is 1.35 bits per heavy atom. The second-order valence-electron chi connectivity index (χ2n) is 4.43. The molecule has 0 aliphatic rings. The molecule has 4 heteroatoms. The fourth-order valence-electron chi connectivity index (χ4n) is 1.59. The molecule has 0 spiro atoms. The van der Waals surface area contributed by atoms with Gasteiger partial charge in [0, 0.05) is 13.1 Å². The van der Waals surface area contributed by atoms with Gasteiger partial charge in [-0.05, 0) is 23.6 Å². The van der Waals surface area contributed by atoms with E-state index < -0.39 is 0 Å². The van der Waals surface area contributed by atoms with Gasteiger partial charge in [-0.3, -0.25) is 4.79 Å². The molecule has 0 aliphatic carbocycles. The third-order valence-electron chi connectivity index (χ3n) is 2.34. The van der Waals surface area contributed by atoms with Crippen LogP contribution in [0.1, 0.15) is 19.4 Å². The predicted molar refractivity (Wildman–Crippen MR) is 67.4 cm³/mol. The SMILES string of the molecule is CC(C)CN(Cc1ccc(F)cc1)C(=O)CCl. The molecule has 0 aromatic heterocycles. The molecule has 2 nitrogen and oxygen atoms in total. The van der Waals surface area contributed by atoms with Gasteiger partial charge in [0.25, 0.3) is 0 Å². The van der Waals surface area contributed by atoms with Crippen LogP contribution in [0.3, 0.4) is 0 Å². The minimum Gasteiger partial charge on any atom is -0.337 e. The molecule has 0 saturated heterocycles. The Morgan fingerprint density at radius 2 is 1.94 bits per heavy atom. The highest BCUT2D eigenvalue weighted by Crippen LogP contribution is 2.09. The van der Waals surface area contributed by atoms with E-state index in [1.807, 2.05) is 13.8 Å². The Morgan fingerprint density at radius 3 is 2.41 bits per heavy atom. The van der Waals surface area contributed by atoms with Crippen LogP contribution in [0.5, 0.6) is 0 Å². The summed E-state index contributed by atoms with van der Waals surface area (Å²) in [6, 6.07) is 6.16. The third kappa shape index (κ3) is 4.73. The smallest absolute Gasteiger partial charge is 0.237 e. The summed E-state index contributed by atoms with van der Waals surface area (Å²) in [5, 5.41) is 0. The van der Waals surface area contributed by atoms with E-state index in [0.717, 1.165) is 5.56 Å². The fraction of sp³-hybridized carbons (Fsp3) is 0.462. The molecule has 0 saturated carbocycles. The molecule has 0 bridgehead atoms. The van der Waals surface area contributed by atoms with Crippen molar-refractivity contribution in [2.24, 2.45) is 5.92 Å². The van der Waals surface area contributed by atoms with Crippen molar-refractivity contribution in [3.05, 3.63) is 35.6 Å². The number of benzene rings is 1. The zero-order chi connectivity index (χ0) is 12.8. The summed E-state index contributed by atoms with van der Waals surface area (Å²) in [5.41, 5.74) is 0.908. The van der Waals surface area contributed by atoms with E-state index in [0.29, 0.717) is 19.0 Å². The minimum absolute atomic E-state index is 0.0199. The van der Waals surface area contributed by atoms with Crippen LogP contribution in [0.4, 0.5) is 4.39 Å². The van der Waals surface area contributed by atoms with E-state index >= 15 is 0 Å². The molecular formula is C13H17ClFNO. The fourth-order valence-corrected chi connectivity index (χ4v) is 1.76. The van der Waals surface area contributed by atoms with Crippen LogP contribution < -0.4 is 0 Å². The first-order chi connectivity index (χ1) is 8.02. The quantitative estimate of drug-likeness (QED) is 0.743. The highest BCUT2D eigenvalue weighted by Gasteiger charge is 2.14. The number of carbonyl (C=O) groups is 1. The molecule has 17 heavy (non-hydrogen) atoms. The highest BCUT2D eigenvalue weighted by atomic mass is 35.5. The molecule has 0 aliphatic heterocycles. The van der Waals surface area contributed by atoms with Crippen LogP contribution in [-0.4, -0.2) is 23.2 Å². The molecular weight excluding hydrogens is 241 g/mol. The summed E-state index contributed by atoms with van der Waals surface area (Å²) in [5.74, 6) is -0.00591. The maximum Gasteiger partial charge on any atom is 0.237 e. The van der Waals surface area contributed by atoms with Crippen LogP contribution in [-0.2, 0) is 11.3 Å². The summed E-state index contributed by atoms with van der Waals surface area (Å²) in [6.07, 6.45) is 0. The van der Waals surface area contributed by atoms with Crippen molar-refractivity contribution >= 4 is 17.5 Å². The van der Waals surface area contributed by atoms with Crippen molar-refractivity contribution in [1.82, 2.24) is 4.90 Å². The van der Waals surface area contributed by atoms with Gasteiger partial charge in [0.2, 0.25) is 5.91 Å². The minimum atomic E-state index is -0.271. The molecule has 1 aromatic rings. The molecule has 0 unspecified atom stereocenters. The lowest BCUT2D eigenvalue weighted by molar-refractivity contribution is -0.129. The lowest BCUT2D eigenvalue weighted by atomic mass is 10.1. The monoisotopic (exact) mass is 257 g/mol. The Labute approximate surface area is 106 Å². The molecule has 94 valence electrons. The van der Waals surface area contributed by atoms with E-state index in [1.165, 1.54) is 12.1 Å². The lowest BCUT2D eigenvalue weighted by Crippen LogP contribution is -2.34. The topological polar surface area (TPSA) is 20.3 Å². The van der Waals surface area contributed by atoms with Gasteiger partial charge in [-0.25, -0.2) is 4.39 Å². The second-order valence-corrected chi connectivity index (χ2v) is 4.70. The van der Waals surface area contributed by atoms with E-state index in [9.17, 15) is 9.18 Å². The van der Waals surface area contributed by atoms with Crippen LogP contribution in [0.15, 0.2) is 24.3 Å². The molecule has 1 aromatic carbocycles. The molecule has 0 radical (unpaired) electrons. The van der Waals surface area contributed by atoms with Gasteiger partial charge in [-0.15, -0.1) is 11.6 Å². The molecule has 0 heterocycles. The zero-order valence-electron chi connectivity index (χ0n) is 10.1. The van der Waals surface area contributed by atoms with Gasteiger partial charge in [-0.2, -0.15) is 0 Å². The molecule has 0 N–H and O–H groups in total. The average molecular weight is 258 g/mol. The summed E-state index contributed by atoms with van der Waals surface area (Å²) in [7, 11) is 0. The number of halogens is 2. The molecule has 1 rings (SSSR count). The van der Waals surface area contributed by atoms with E-state index in [4.69, 9.17) is 11.6 Å². The summed E-state index contributed by atoms with van der Waals surface area (Å²) < 4.78 is 12.8. The number of hydrogen-bond donors (Lipinski definition) is 0. The largest absolute Gasteiger partial charge is 0.337 e. The second kappa shape index (κ2) is 6.60. The predicted octanol–water partition coefficient (Wildman–Crippen LogP) is 3.05. The molecule has 0 fully saturated rings. The van der Waals surface area contributed by atoms with E-state index in [1.54, 1.807) is 17.0 Å². The van der Waals surface area contributed by atoms with E-state index in [-0.39, 0.29) is 17.6 Å². The van der Waals surface area contributed by atoms with Crippen molar-refractivity contribution in [2.45, 2.75) is 20.4 Å². The molecule has 1 amide bonds. The van der Waals surface area contributed by atoms with Gasteiger partial charge in [0.1, 0.15) is 11.7 Å². The third-order valence-corrected chi connectivity index (χ3v) is 2.57.